The van der Waals surface area contributed by atoms with Gasteiger partial charge in [-0.1, -0.05) is 114 Å². The van der Waals surface area contributed by atoms with E-state index in [0.717, 1.165) is 35.6 Å². The molecule has 4 aromatic rings. The molecule has 12 heteroatoms. The Hall–Kier alpha value is -3.27. The summed E-state index contributed by atoms with van der Waals surface area (Å²) in [5.41, 5.74) is 1.51. The monoisotopic (exact) mass is 731 g/mol. The quantitative estimate of drug-likeness (QED) is 0.159. The minimum atomic E-state index is -4.28. The molecule has 0 unspecified atom stereocenters. The summed E-state index contributed by atoms with van der Waals surface area (Å²) in [4.78, 5) is 30.1. The molecule has 1 saturated carbocycles. The molecular weight excluding hydrogens is 700 g/mol. The molecule has 0 heterocycles. The summed E-state index contributed by atoms with van der Waals surface area (Å²) in [6.45, 7) is -0.715. The van der Waals surface area contributed by atoms with Gasteiger partial charge in [-0.2, -0.15) is 0 Å². The predicted octanol–water partition coefficient (Wildman–Crippen LogP) is 8.19. The van der Waals surface area contributed by atoms with Crippen LogP contribution < -0.4 is 9.62 Å². The average molecular weight is 734 g/mol. The maximum absolute atomic E-state index is 14.6. The Morgan fingerprint density at radius 3 is 2.09 bits per heavy atom. The van der Waals surface area contributed by atoms with E-state index in [1.165, 1.54) is 35.2 Å². The number of halogens is 4. The number of rotatable bonds is 12. The first-order valence-electron chi connectivity index (χ1n) is 15.1. The molecule has 1 N–H and O–H groups in total. The molecule has 5 rings (SSSR count). The second-order valence-corrected chi connectivity index (χ2v) is 14.9. The summed E-state index contributed by atoms with van der Waals surface area (Å²) in [5, 5.41) is 4.21. The van der Waals surface area contributed by atoms with Crippen LogP contribution in [0.4, 0.5) is 5.69 Å². The van der Waals surface area contributed by atoms with Crippen LogP contribution in [0.2, 0.25) is 20.1 Å². The lowest BCUT2D eigenvalue weighted by Crippen LogP contribution is -2.54. The van der Waals surface area contributed by atoms with E-state index in [1.54, 1.807) is 36.4 Å². The fourth-order valence-corrected chi connectivity index (χ4v) is 7.83. The van der Waals surface area contributed by atoms with E-state index in [4.69, 9.17) is 46.4 Å². The summed E-state index contributed by atoms with van der Waals surface area (Å²) in [6.07, 6.45) is 3.90. The van der Waals surface area contributed by atoms with Gasteiger partial charge in [0.25, 0.3) is 10.0 Å². The van der Waals surface area contributed by atoms with E-state index >= 15 is 0 Å². The van der Waals surface area contributed by atoms with E-state index in [9.17, 15) is 18.0 Å². The lowest BCUT2D eigenvalue weighted by atomic mass is 10.0. The highest BCUT2D eigenvalue weighted by atomic mass is 35.5. The van der Waals surface area contributed by atoms with E-state index in [0.29, 0.717) is 15.6 Å². The SMILES string of the molecule is O=C(NC1CCCC1)[C@H](Cc1ccccc1)N(Cc1ccc(Cl)cc1Cl)C(=O)CN(c1ccc(Cl)c(Cl)c1)S(=O)(=O)c1ccccc1. The topological polar surface area (TPSA) is 86.8 Å². The number of hydrogen-bond acceptors (Lipinski definition) is 4. The molecular formula is C35H33Cl4N3O4S. The highest BCUT2D eigenvalue weighted by molar-refractivity contribution is 7.92. The highest BCUT2D eigenvalue weighted by Gasteiger charge is 2.36. The van der Waals surface area contributed by atoms with Crippen molar-refractivity contribution >= 4 is 73.9 Å². The number of sulfonamides is 1. The van der Waals surface area contributed by atoms with E-state index < -0.39 is 28.5 Å². The van der Waals surface area contributed by atoms with Crippen LogP contribution in [0, 0.1) is 0 Å². The Balaban J connectivity index is 1.59. The molecule has 1 aliphatic rings. The highest BCUT2D eigenvalue weighted by Crippen LogP contribution is 2.31. The van der Waals surface area contributed by atoms with Gasteiger partial charge in [0.2, 0.25) is 11.8 Å². The largest absolute Gasteiger partial charge is 0.352 e. The lowest BCUT2D eigenvalue weighted by Gasteiger charge is -2.34. The van der Waals surface area contributed by atoms with Crippen LogP contribution >= 0.6 is 46.4 Å². The van der Waals surface area contributed by atoms with Crippen molar-refractivity contribution < 1.29 is 18.0 Å². The van der Waals surface area contributed by atoms with Gasteiger partial charge in [0.15, 0.2) is 0 Å². The van der Waals surface area contributed by atoms with Crippen LogP contribution in [0.5, 0.6) is 0 Å². The Morgan fingerprint density at radius 2 is 1.45 bits per heavy atom. The number of anilines is 1. The van der Waals surface area contributed by atoms with Crippen LogP contribution in [0.3, 0.4) is 0 Å². The first-order chi connectivity index (χ1) is 22.5. The van der Waals surface area contributed by atoms with Crippen LogP contribution in [-0.2, 0) is 32.6 Å². The second-order valence-electron chi connectivity index (χ2n) is 11.4. The van der Waals surface area contributed by atoms with E-state index in [-0.39, 0.29) is 45.5 Å². The maximum atomic E-state index is 14.6. The molecule has 47 heavy (non-hydrogen) atoms. The third-order valence-corrected chi connectivity index (χ3v) is 11.2. The van der Waals surface area contributed by atoms with Gasteiger partial charge >= 0.3 is 0 Å². The van der Waals surface area contributed by atoms with Crippen molar-refractivity contribution in [2.75, 3.05) is 10.8 Å². The van der Waals surface area contributed by atoms with Gasteiger partial charge in [-0.15, -0.1) is 0 Å². The van der Waals surface area contributed by atoms with Gasteiger partial charge in [-0.3, -0.25) is 13.9 Å². The molecule has 0 spiro atoms. The molecule has 1 fully saturated rings. The third-order valence-electron chi connectivity index (χ3n) is 8.13. The van der Waals surface area contributed by atoms with E-state index in [1.807, 2.05) is 30.3 Å². The first kappa shape index (κ1) is 35.0. The summed E-state index contributed by atoms with van der Waals surface area (Å²) < 4.78 is 29.2. The Labute approximate surface area is 295 Å². The van der Waals surface area contributed by atoms with Gasteiger partial charge in [-0.25, -0.2) is 8.42 Å². The summed E-state index contributed by atoms with van der Waals surface area (Å²) >= 11 is 25.3. The lowest BCUT2D eigenvalue weighted by molar-refractivity contribution is -0.140. The Kier molecular flexibility index (Phi) is 11.7. The molecule has 0 saturated heterocycles. The molecule has 1 aliphatic carbocycles. The van der Waals surface area contributed by atoms with Gasteiger partial charge in [-0.05, 0) is 66.4 Å². The zero-order valence-electron chi connectivity index (χ0n) is 25.3. The van der Waals surface area contributed by atoms with Gasteiger partial charge in [0.05, 0.1) is 20.6 Å². The fraction of sp³-hybridized carbons (Fsp3) is 0.257. The van der Waals surface area contributed by atoms with Crippen molar-refractivity contribution in [2.45, 2.75) is 55.6 Å². The molecule has 1 atom stereocenters. The normalized spacial score (nSPS) is 14.0. The summed E-state index contributed by atoms with van der Waals surface area (Å²) in [6, 6.07) is 25.4. The zero-order chi connectivity index (χ0) is 33.6. The van der Waals surface area contributed by atoms with Gasteiger partial charge in [0, 0.05) is 29.1 Å². The van der Waals surface area contributed by atoms with Crippen molar-refractivity contribution in [1.29, 1.82) is 0 Å². The molecule has 7 nitrogen and oxygen atoms in total. The molecule has 0 bridgehead atoms. The number of nitrogens with zero attached hydrogens (tertiary/aromatic N) is 2. The van der Waals surface area contributed by atoms with Crippen LogP contribution in [0.15, 0.2) is 102 Å². The number of amides is 2. The molecule has 4 aromatic carbocycles. The van der Waals surface area contributed by atoms with Crippen molar-refractivity contribution in [3.8, 4) is 0 Å². The summed E-state index contributed by atoms with van der Waals surface area (Å²) in [7, 11) is -4.28. The number of hydrogen-bond donors (Lipinski definition) is 1. The standard InChI is InChI=1S/C35H33Cl4N3O4S/c36-26-16-15-25(31(38)20-26)22-41(33(19-24-9-3-1-4-10-24)35(44)40-27-11-7-8-12-27)34(43)23-42(28-17-18-30(37)32(39)21-28)47(45,46)29-13-5-2-6-14-29/h1-6,9-10,13-18,20-21,27,33H,7-8,11-12,19,22-23H2,(H,40,44)/t33-/m0/s1. The smallest absolute Gasteiger partial charge is 0.264 e. The van der Waals surface area contributed by atoms with Gasteiger partial charge < -0.3 is 10.2 Å². The van der Waals surface area contributed by atoms with Crippen molar-refractivity contribution in [3.05, 3.63) is 128 Å². The van der Waals surface area contributed by atoms with Crippen LogP contribution in [0.1, 0.15) is 36.8 Å². The third kappa shape index (κ3) is 8.80. The maximum Gasteiger partial charge on any atom is 0.264 e. The van der Waals surface area contributed by atoms with Crippen molar-refractivity contribution in [3.63, 3.8) is 0 Å². The summed E-state index contributed by atoms with van der Waals surface area (Å²) in [5.74, 6) is -0.949. The average Bonchev–Trinajstić information content (AvgIpc) is 3.57. The molecule has 2 amide bonds. The molecule has 0 aromatic heterocycles. The van der Waals surface area contributed by atoms with Gasteiger partial charge in [0.1, 0.15) is 12.6 Å². The minimum Gasteiger partial charge on any atom is -0.352 e. The number of benzene rings is 4. The zero-order valence-corrected chi connectivity index (χ0v) is 29.1. The Bertz CT molecular complexity index is 1820. The van der Waals surface area contributed by atoms with Crippen LogP contribution in [0.25, 0.3) is 0 Å². The molecule has 0 radical (unpaired) electrons. The van der Waals surface area contributed by atoms with Crippen LogP contribution in [-0.4, -0.2) is 43.8 Å². The van der Waals surface area contributed by atoms with Crippen molar-refractivity contribution in [1.82, 2.24) is 10.2 Å². The second kappa shape index (κ2) is 15.8. The number of carbonyl (C=O) groups is 2. The first-order valence-corrected chi connectivity index (χ1v) is 18.1. The fourth-order valence-electron chi connectivity index (χ4n) is 5.64. The molecule has 0 aliphatic heterocycles. The van der Waals surface area contributed by atoms with E-state index in [2.05, 4.69) is 5.32 Å². The predicted molar refractivity (Wildman–Crippen MR) is 189 cm³/mol. The minimum absolute atomic E-state index is 0.0111. The van der Waals surface area contributed by atoms with Crippen molar-refractivity contribution in [2.24, 2.45) is 0 Å². The number of nitrogens with one attached hydrogen (secondary N) is 1. The molecule has 246 valence electrons. The Morgan fingerprint density at radius 1 is 0.787 bits per heavy atom. The number of carbonyl (C=O) groups excluding carboxylic acids is 2.